The minimum atomic E-state index is 0.801. The summed E-state index contributed by atoms with van der Waals surface area (Å²) < 4.78 is 0. The maximum atomic E-state index is 3.37. The van der Waals surface area contributed by atoms with Crippen LogP contribution in [0, 0.1) is 0 Å². The molecule has 0 aromatic carbocycles. The van der Waals surface area contributed by atoms with Gasteiger partial charge in [0.15, 0.2) is 0 Å². The molecule has 1 unspecified atom stereocenters. The maximum Gasteiger partial charge on any atom is 0.0301 e. The smallest absolute Gasteiger partial charge is 0.0301 e. The van der Waals surface area contributed by atoms with Gasteiger partial charge >= 0.3 is 0 Å². The zero-order chi connectivity index (χ0) is 8.39. The Morgan fingerprint density at radius 1 is 1.50 bits per heavy atom. The van der Waals surface area contributed by atoms with Crippen molar-refractivity contribution in [3.63, 3.8) is 0 Å². The van der Waals surface area contributed by atoms with E-state index in [1.165, 1.54) is 19.5 Å². The molecule has 3 heteroatoms. The molecule has 2 rings (SSSR count). The number of nitrogens with zero attached hydrogens (tertiary/aromatic N) is 1. The molecular formula is C9H16N2S. The first-order valence-electron chi connectivity index (χ1n) is 4.66. The highest BCUT2D eigenvalue weighted by Crippen LogP contribution is 2.31. The minimum absolute atomic E-state index is 0.801. The van der Waals surface area contributed by atoms with E-state index in [1.807, 2.05) is 11.8 Å². The molecule has 2 aliphatic rings. The Kier molecular flexibility index (Phi) is 2.61. The minimum Gasteiger partial charge on any atom is -0.372 e. The van der Waals surface area contributed by atoms with E-state index >= 15 is 0 Å². The molecule has 12 heavy (non-hydrogen) atoms. The number of hydrogen-bond donors (Lipinski definition) is 1. The quantitative estimate of drug-likeness (QED) is 0.660. The second-order valence-electron chi connectivity index (χ2n) is 3.50. The SMILES string of the molecule is CC1CC(N2CCNCC2)=CS1. The van der Waals surface area contributed by atoms with Crippen molar-refractivity contribution in [3.05, 3.63) is 11.1 Å². The lowest BCUT2D eigenvalue weighted by molar-refractivity contribution is 0.292. The number of rotatable bonds is 1. The van der Waals surface area contributed by atoms with E-state index in [4.69, 9.17) is 0 Å². The summed E-state index contributed by atoms with van der Waals surface area (Å²) in [7, 11) is 0. The Balaban J connectivity index is 1.91. The average Bonchev–Trinajstić information content (AvgIpc) is 2.54. The van der Waals surface area contributed by atoms with Gasteiger partial charge in [0.2, 0.25) is 0 Å². The normalized spacial score (nSPS) is 30.6. The first-order valence-corrected chi connectivity index (χ1v) is 5.61. The lowest BCUT2D eigenvalue weighted by Gasteiger charge is -2.30. The molecule has 1 N–H and O–H groups in total. The van der Waals surface area contributed by atoms with Gasteiger partial charge in [-0.1, -0.05) is 6.92 Å². The van der Waals surface area contributed by atoms with Crippen LogP contribution >= 0.6 is 11.8 Å². The van der Waals surface area contributed by atoms with Crippen LogP contribution in [0.4, 0.5) is 0 Å². The average molecular weight is 184 g/mol. The zero-order valence-electron chi connectivity index (χ0n) is 7.55. The predicted molar refractivity (Wildman–Crippen MR) is 54.2 cm³/mol. The van der Waals surface area contributed by atoms with Crippen molar-refractivity contribution in [2.24, 2.45) is 0 Å². The summed E-state index contributed by atoms with van der Waals surface area (Å²) in [5.41, 5.74) is 1.56. The zero-order valence-corrected chi connectivity index (χ0v) is 8.36. The van der Waals surface area contributed by atoms with Crippen molar-refractivity contribution in [2.75, 3.05) is 26.2 Å². The van der Waals surface area contributed by atoms with E-state index < -0.39 is 0 Å². The number of thioether (sulfide) groups is 1. The topological polar surface area (TPSA) is 15.3 Å². The Labute approximate surface area is 78.4 Å². The molecule has 0 radical (unpaired) electrons. The van der Waals surface area contributed by atoms with Crippen LogP contribution in [0.5, 0.6) is 0 Å². The highest BCUT2D eigenvalue weighted by Gasteiger charge is 2.19. The third-order valence-electron chi connectivity index (χ3n) is 2.46. The van der Waals surface area contributed by atoms with E-state index in [0.717, 1.165) is 18.3 Å². The van der Waals surface area contributed by atoms with Crippen molar-refractivity contribution in [3.8, 4) is 0 Å². The fourth-order valence-corrected chi connectivity index (χ4v) is 2.64. The Bertz CT molecular complexity index is 185. The molecule has 0 aromatic heterocycles. The molecule has 0 bridgehead atoms. The van der Waals surface area contributed by atoms with Crippen molar-refractivity contribution < 1.29 is 0 Å². The molecule has 0 spiro atoms. The van der Waals surface area contributed by atoms with E-state index in [-0.39, 0.29) is 0 Å². The second kappa shape index (κ2) is 3.71. The summed E-state index contributed by atoms with van der Waals surface area (Å²) in [6.07, 6.45) is 1.27. The number of nitrogens with one attached hydrogen (secondary N) is 1. The van der Waals surface area contributed by atoms with Crippen LogP contribution in [0.3, 0.4) is 0 Å². The second-order valence-corrected chi connectivity index (χ2v) is 4.81. The molecule has 1 saturated heterocycles. The third kappa shape index (κ3) is 1.77. The lowest BCUT2D eigenvalue weighted by atomic mass is 10.2. The fourth-order valence-electron chi connectivity index (χ4n) is 1.74. The van der Waals surface area contributed by atoms with Gasteiger partial charge in [-0.2, -0.15) is 0 Å². The highest BCUT2D eigenvalue weighted by molar-refractivity contribution is 8.03. The molecular weight excluding hydrogens is 168 g/mol. The van der Waals surface area contributed by atoms with Gasteiger partial charge in [0.05, 0.1) is 0 Å². The number of hydrogen-bond acceptors (Lipinski definition) is 3. The summed E-state index contributed by atoms with van der Waals surface area (Å²) in [4.78, 5) is 2.52. The molecule has 0 amide bonds. The van der Waals surface area contributed by atoms with Crippen LogP contribution in [0.25, 0.3) is 0 Å². The van der Waals surface area contributed by atoms with Gasteiger partial charge in [0, 0.05) is 37.1 Å². The maximum absolute atomic E-state index is 3.37. The largest absolute Gasteiger partial charge is 0.372 e. The molecule has 1 fully saturated rings. The molecule has 0 aliphatic carbocycles. The van der Waals surface area contributed by atoms with Gasteiger partial charge < -0.3 is 10.2 Å². The third-order valence-corrected chi connectivity index (χ3v) is 3.50. The molecule has 2 heterocycles. The van der Waals surface area contributed by atoms with Gasteiger partial charge in [-0.25, -0.2) is 0 Å². The number of piperazine rings is 1. The predicted octanol–water partition coefficient (Wildman–Crippen LogP) is 1.26. The van der Waals surface area contributed by atoms with Crippen LogP contribution in [-0.2, 0) is 0 Å². The first kappa shape index (κ1) is 8.45. The van der Waals surface area contributed by atoms with E-state index in [2.05, 4.69) is 22.5 Å². The summed E-state index contributed by atoms with van der Waals surface area (Å²) in [5, 5.41) is 6.52. The van der Waals surface area contributed by atoms with Crippen LogP contribution < -0.4 is 5.32 Å². The van der Waals surface area contributed by atoms with Crippen molar-refractivity contribution in [1.29, 1.82) is 0 Å². The van der Waals surface area contributed by atoms with Crippen LogP contribution in [0.15, 0.2) is 11.1 Å². The molecule has 2 aliphatic heterocycles. The summed E-state index contributed by atoms with van der Waals surface area (Å²) in [5.74, 6) is 0. The van der Waals surface area contributed by atoms with Gasteiger partial charge in [0.1, 0.15) is 0 Å². The first-order chi connectivity index (χ1) is 5.86. The van der Waals surface area contributed by atoms with Gasteiger partial charge in [-0.3, -0.25) is 0 Å². The van der Waals surface area contributed by atoms with Gasteiger partial charge in [-0.05, 0) is 11.8 Å². The van der Waals surface area contributed by atoms with E-state index in [1.54, 1.807) is 5.70 Å². The van der Waals surface area contributed by atoms with Crippen molar-refractivity contribution in [1.82, 2.24) is 10.2 Å². The summed E-state index contributed by atoms with van der Waals surface area (Å²) >= 11 is 1.97. The Hall–Kier alpha value is -0.150. The molecule has 0 saturated carbocycles. The van der Waals surface area contributed by atoms with Crippen LogP contribution in [0.2, 0.25) is 0 Å². The number of allylic oxidation sites excluding steroid dienone is 1. The monoisotopic (exact) mass is 184 g/mol. The van der Waals surface area contributed by atoms with Crippen molar-refractivity contribution >= 4 is 11.8 Å². The Morgan fingerprint density at radius 2 is 2.25 bits per heavy atom. The molecule has 1 atom stereocenters. The lowest BCUT2D eigenvalue weighted by Crippen LogP contribution is -2.42. The summed E-state index contributed by atoms with van der Waals surface area (Å²) in [6.45, 7) is 6.99. The van der Waals surface area contributed by atoms with E-state index in [9.17, 15) is 0 Å². The molecule has 68 valence electrons. The van der Waals surface area contributed by atoms with Crippen molar-refractivity contribution in [2.45, 2.75) is 18.6 Å². The van der Waals surface area contributed by atoms with Gasteiger partial charge in [-0.15, -0.1) is 11.8 Å². The standard InChI is InChI=1S/C9H16N2S/c1-8-6-9(7-12-8)11-4-2-10-3-5-11/h7-8,10H,2-6H2,1H3. The fraction of sp³-hybridized carbons (Fsp3) is 0.778. The highest BCUT2D eigenvalue weighted by atomic mass is 32.2. The Morgan fingerprint density at radius 3 is 2.83 bits per heavy atom. The molecule has 0 aromatic rings. The molecule has 2 nitrogen and oxygen atoms in total. The summed E-state index contributed by atoms with van der Waals surface area (Å²) in [6, 6.07) is 0. The van der Waals surface area contributed by atoms with Gasteiger partial charge in [0.25, 0.3) is 0 Å². The van der Waals surface area contributed by atoms with Crippen LogP contribution in [0.1, 0.15) is 13.3 Å². The van der Waals surface area contributed by atoms with E-state index in [0.29, 0.717) is 0 Å². The van der Waals surface area contributed by atoms with Crippen LogP contribution in [-0.4, -0.2) is 36.3 Å².